The van der Waals surface area contributed by atoms with E-state index >= 15 is 0 Å². The SMILES string of the molecule is Cn1cc(CNCc2csc(Br)c2)cn1. The van der Waals surface area contributed by atoms with Crippen molar-refractivity contribution in [2.75, 3.05) is 0 Å². The molecule has 5 heteroatoms. The zero-order chi connectivity index (χ0) is 10.7. The maximum atomic E-state index is 4.12. The minimum Gasteiger partial charge on any atom is -0.308 e. The molecule has 15 heavy (non-hydrogen) atoms. The predicted octanol–water partition coefficient (Wildman–Crippen LogP) is 2.53. The zero-order valence-corrected chi connectivity index (χ0v) is 10.8. The van der Waals surface area contributed by atoms with Crippen LogP contribution in [0.5, 0.6) is 0 Å². The van der Waals surface area contributed by atoms with Crippen LogP contribution in [0.25, 0.3) is 0 Å². The Morgan fingerprint density at radius 2 is 2.27 bits per heavy atom. The molecular formula is C10H12BrN3S. The van der Waals surface area contributed by atoms with Crippen LogP contribution in [-0.4, -0.2) is 9.78 Å². The molecule has 0 radical (unpaired) electrons. The van der Waals surface area contributed by atoms with E-state index in [-0.39, 0.29) is 0 Å². The minimum absolute atomic E-state index is 0.862. The Kier molecular flexibility index (Phi) is 3.56. The number of aromatic nitrogens is 2. The van der Waals surface area contributed by atoms with Gasteiger partial charge in [0.15, 0.2) is 0 Å². The standard InChI is InChI=1S/C10H12BrN3S/c1-14-6-9(5-13-14)4-12-3-8-2-10(11)15-7-8/h2,5-7,12H,3-4H2,1H3. The summed E-state index contributed by atoms with van der Waals surface area (Å²) in [5.41, 5.74) is 2.53. The van der Waals surface area contributed by atoms with E-state index < -0.39 is 0 Å². The first-order valence-electron chi connectivity index (χ1n) is 4.65. The predicted molar refractivity (Wildman–Crippen MR) is 65.8 cm³/mol. The van der Waals surface area contributed by atoms with Gasteiger partial charge in [-0.05, 0) is 32.9 Å². The first-order valence-corrected chi connectivity index (χ1v) is 6.32. The third kappa shape index (κ3) is 3.15. The smallest absolute Gasteiger partial charge is 0.0701 e. The molecule has 0 unspecified atom stereocenters. The molecule has 0 fully saturated rings. The van der Waals surface area contributed by atoms with Crippen LogP contribution in [-0.2, 0) is 20.1 Å². The lowest BCUT2D eigenvalue weighted by molar-refractivity contribution is 0.693. The molecule has 1 N–H and O–H groups in total. The summed E-state index contributed by atoms with van der Waals surface area (Å²) in [6.07, 6.45) is 3.91. The topological polar surface area (TPSA) is 29.9 Å². The van der Waals surface area contributed by atoms with Gasteiger partial charge in [-0.1, -0.05) is 0 Å². The number of nitrogens with one attached hydrogen (secondary N) is 1. The lowest BCUT2D eigenvalue weighted by Crippen LogP contribution is -2.11. The van der Waals surface area contributed by atoms with Crippen molar-refractivity contribution in [1.29, 1.82) is 0 Å². The van der Waals surface area contributed by atoms with Gasteiger partial charge in [-0.2, -0.15) is 5.10 Å². The molecule has 2 aromatic rings. The first-order chi connectivity index (χ1) is 7.24. The summed E-state index contributed by atoms with van der Waals surface area (Å²) in [6, 6.07) is 2.14. The molecule has 80 valence electrons. The van der Waals surface area contributed by atoms with Gasteiger partial charge in [-0.25, -0.2) is 0 Å². The highest BCUT2D eigenvalue weighted by atomic mass is 79.9. The summed E-state index contributed by atoms with van der Waals surface area (Å²) in [5, 5.41) is 9.65. The second kappa shape index (κ2) is 4.92. The van der Waals surface area contributed by atoms with E-state index in [1.165, 1.54) is 14.9 Å². The van der Waals surface area contributed by atoms with Gasteiger partial charge in [0.1, 0.15) is 0 Å². The fourth-order valence-electron chi connectivity index (χ4n) is 1.35. The van der Waals surface area contributed by atoms with Gasteiger partial charge in [0.25, 0.3) is 0 Å². The van der Waals surface area contributed by atoms with E-state index in [2.05, 4.69) is 37.8 Å². The van der Waals surface area contributed by atoms with Gasteiger partial charge < -0.3 is 5.32 Å². The first kappa shape index (κ1) is 10.9. The van der Waals surface area contributed by atoms with Crippen molar-refractivity contribution in [1.82, 2.24) is 15.1 Å². The number of rotatable bonds is 4. The maximum Gasteiger partial charge on any atom is 0.0701 e. The molecule has 2 heterocycles. The molecule has 0 aliphatic carbocycles. The van der Waals surface area contributed by atoms with E-state index in [4.69, 9.17) is 0 Å². The molecule has 0 spiro atoms. The third-order valence-electron chi connectivity index (χ3n) is 2.04. The molecule has 0 amide bonds. The average molecular weight is 286 g/mol. The molecular weight excluding hydrogens is 274 g/mol. The number of thiophene rings is 1. The summed E-state index contributed by atoms with van der Waals surface area (Å²) in [4.78, 5) is 0. The van der Waals surface area contributed by atoms with Crippen LogP contribution < -0.4 is 5.32 Å². The van der Waals surface area contributed by atoms with E-state index in [1.807, 2.05) is 24.1 Å². The number of aryl methyl sites for hydroxylation is 1. The van der Waals surface area contributed by atoms with Gasteiger partial charge in [0, 0.05) is 31.9 Å². The molecule has 0 aliphatic rings. The normalized spacial score (nSPS) is 10.8. The van der Waals surface area contributed by atoms with Gasteiger partial charge in [0.2, 0.25) is 0 Å². The van der Waals surface area contributed by atoms with Crippen LogP contribution in [0.15, 0.2) is 27.6 Å². The van der Waals surface area contributed by atoms with Crippen LogP contribution in [0.2, 0.25) is 0 Å². The highest BCUT2D eigenvalue weighted by Gasteiger charge is 1.98. The van der Waals surface area contributed by atoms with Crippen LogP contribution in [0.4, 0.5) is 0 Å². The molecule has 0 bridgehead atoms. The van der Waals surface area contributed by atoms with Crippen LogP contribution in [0.3, 0.4) is 0 Å². The van der Waals surface area contributed by atoms with Crippen LogP contribution in [0.1, 0.15) is 11.1 Å². The number of hydrogen-bond acceptors (Lipinski definition) is 3. The number of nitrogens with zero attached hydrogens (tertiary/aromatic N) is 2. The highest BCUT2D eigenvalue weighted by molar-refractivity contribution is 9.11. The van der Waals surface area contributed by atoms with Crippen molar-refractivity contribution in [3.05, 3.63) is 38.8 Å². The number of halogens is 1. The van der Waals surface area contributed by atoms with Gasteiger partial charge >= 0.3 is 0 Å². The second-order valence-corrected chi connectivity index (χ2v) is 5.68. The Morgan fingerprint density at radius 1 is 1.47 bits per heavy atom. The fourth-order valence-corrected chi connectivity index (χ4v) is 2.56. The maximum absolute atomic E-state index is 4.12. The summed E-state index contributed by atoms with van der Waals surface area (Å²) in [6.45, 7) is 1.76. The number of hydrogen-bond donors (Lipinski definition) is 1. The molecule has 0 aromatic carbocycles. The Labute approximate surface area is 101 Å². The Bertz CT molecular complexity index is 395. The largest absolute Gasteiger partial charge is 0.308 e. The summed E-state index contributed by atoms with van der Waals surface area (Å²) >= 11 is 5.16. The van der Waals surface area contributed by atoms with Crippen molar-refractivity contribution in [2.45, 2.75) is 13.1 Å². The molecule has 2 rings (SSSR count). The van der Waals surface area contributed by atoms with Crippen molar-refractivity contribution in [3.63, 3.8) is 0 Å². The van der Waals surface area contributed by atoms with Gasteiger partial charge in [-0.3, -0.25) is 4.68 Å². The average Bonchev–Trinajstić information content (AvgIpc) is 2.76. The molecule has 0 atom stereocenters. The van der Waals surface area contributed by atoms with Crippen LogP contribution >= 0.6 is 27.3 Å². The lowest BCUT2D eigenvalue weighted by Gasteiger charge is -1.99. The van der Waals surface area contributed by atoms with Crippen molar-refractivity contribution >= 4 is 27.3 Å². The van der Waals surface area contributed by atoms with Crippen molar-refractivity contribution in [3.8, 4) is 0 Å². The fraction of sp³-hybridized carbons (Fsp3) is 0.300. The van der Waals surface area contributed by atoms with Crippen LogP contribution in [0, 0.1) is 0 Å². The zero-order valence-electron chi connectivity index (χ0n) is 8.40. The quantitative estimate of drug-likeness (QED) is 0.936. The Hall–Kier alpha value is -0.650. The van der Waals surface area contributed by atoms with Crippen molar-refractivity contribution < 1.29 is 0 Å². The Balaban J connectivity index is 1.80. The van der Waals surface area contributed by atoms with Gasteiger partial charge in [-0.15, -0.1) is 11.3 Å². The van der Waals surface area contributed by atoms with Gasteiger partial charge in [0.05, 0.1) is 9.98 Å². The third-order valence-corrected chi connectivity index (χ3v) is 3.59. The summed E-state index contributed by atoms with van der Waals surface area (Å²) in [7, 11) is 1.93. The van der Waals surface area contributed by atoms with E-state index in [0.717, 1.165) is 13.1 Å². The van der Waals surface area contributed by atoms with E-state index in [0.29, 0.717) is 0 Å². The highest BCUT2D eigenvalue weighted by Crippen LogP contribution is 2.20. The summed E-state index contributed by atoms with van der Waals surface area (Å²) in [5.74, 6) is 0. The monoisotopic (exact) mass is 285 g/mol. The molecule has 2 aromatic heterocycles. The van der Waals surface area contributed by atoms with E-state index in [1.54, 1.807) is 11.3 Å². The molecule has 0 saturated carbocycles. The lowest BCUT2D eigenvalue weighted by atomic mass is 10.3. The summed E-state index contributed by atoms with van der Waals surface area (Å²) < 4.78 is 3.00. The molecule has 3 nitrogen and oxygen atoms in total. The second-order valence-electron chi connectivity index (χ2n) is 3.38. The Morgan fingerprint density at radius 3 is 2.87 bits per heavy atom. The van der Waals surface area contributed by atoms with Crippen molar-refractivity contribution in [2.24, 2.45) is 7.05 Å². The molecule has 0 saturated heterocycles. The molecule has 0 aliphatic heterocycles. The minimum atomic E-state index is 0.862. The van der Waals surface area contributed by atoms with E-state index in [9.17, 15) is 0 Å².